The third-order valence-corrected chi connectivity index (χ3v) is 2.80. The standard InChI is InChI=1S/C14H23NO2/c1-10(2)12-6-5-11(3)13(7-12)17-9-14(4,15)8-16/h5-7,10,16H,8-9,15H2,1-4H3. The van der Waals surface area contributed by atoms with E-state index >= 15 is 0 Å². The number of rotatable bonds is 5. The molecule has 0 saturated carbocycles. The van der Waals surface area contributed by atoms with Gasteiger partial charge in [0.05, 0.1) is 12.1 Å². The molecular weight excluding hydrogens is 214 g/mol. The highest BCUT2D eigenvalue weighted by atomic mass is 16.5. The molecule has 0 aliphatic heterocycles. The maximum atomic E-state index is 9.08. The second-order valence-corrected chi connectivity index (χ2v) is 5.28. The topological polar surface area (TPSA) is 55.5 Å². The molecule has 1 atom stereocenters. The van der Waals surface area contributed by atoms with Crippen LogP contribution >= 0.6 is 0 Å². The molecule has 1 aromatic rings. The van der Waals surface area contributed by atoms with Crippen molar-refractivity contribution in [1.29, 1.82) is 0 Å². The first-order valence-corrected chi connectivity index (χ1v) is 5.99. The van der Waals surface area contributed by atoms with Gasteiger partial charge in [-0.15, -0.1) is 0 Å². The highest BCUT2D eigenvalue weighted by Gasteiger charge is 2.18. The zero-order valence-corrected chi connectivity index (χ0v) is 11.2. The van der Waals surface area contributed by atoms with Crippen LogP contribution in [0.3, 0.4) is 0 Å². The molecule has 96 valence electrons. The van der Waals surface area contributed by atoms with Gasteiger partial charge in [0.2, 0.25) is 0 Å². The first kappa shape index (κ1) is 14.0. The molecule has 0 bridgehead atoms. The van der Waals surface area contributed by atoms with E-state index in [1.165, 1.54) is 5.56 Å². The van der Waals surface area contributed by atoms with Crippen LogP contribution < -0.4 is 10.5 Å². The van der Waals surface area contributed by atoms with Gasteiger partial charge >= 0.3 is 0 Å². The van der Waals surface area contributed by atoms with Crippen LogP contribution in [0.2, 0.25) is 0 Å². The van der Waals surface area contributed by atoms with E-state index in [9.17, 15) is 0 Å². The summed E-state index contributed by atoms with van der Waals surface area (Å²) in [7, 11) is 0. The second-order valence-electron chi connectivity index (χ2n) is 5.28. The lowest BCUT2D eigenvalue weighted by molar-refractivity contribution is 0.145. The van der Waals surface area contributed by atoms with E-state index in [1.807, 2.05) is 13.0 Å². The maximum Gasteiger partial charge on any atom is 0.122 e. The van der Waals surface area contributed by atoms with Crippen LogP contribution in [0.5, 0.6) is 5.75 Å². The molecule has 0 heterocycles. The summed E-state index contributed by atoms with van der Waals surface area (Å²) in [5.74, 6) is 1.32. The van der Waals surface area contributed by atoms with Crippen molar-refractivity contribution >= 4 is 0 Å². The van der Waals surface area contributed by atoms with Gasteiger partial charge in [0.25, 0.3) is 0 Å². The predicted octanol–water partition coefficient (Wildman–Crippen LogP) is 2.21. The summed E-state index contributed by atoms with van der Waals surface area (Å²) in [6.45, 7) is 8.30. The van der Waals surface area contributed by atoms with Crippen LogP contribution in [0.1, 0.15) is 37.8 Å². The Hall–Kier alpha value is -1.06. The SMILES string of the molecule is Cc1ccc(C(C)C)cc1OCC(C)(N)CO. The van der Waals surface area contributed by atoms with Crippen molar-refractivity contribution in [3.63, 3.8) is 0 Å². The van der Waals surface area contributed by atoms with Crippen molar-refractivity contribution in [2.24, 2.45) is 5.73 Å². The molecule has 0 saturated heterocycles. The highest BCUT2D eigenvalue weighted by Crippen LogP contribution is 2.24. The lowest BCUT2D eigenvalue weighted by atomic mass is 10.0. The largest absolute Gasteiger partial charge is 0.491 e. The number of aryl methyl sites for hydroxylation is 1. The third-order valence-electron chi connectivity index (χ3n) is 2.80. The minimum absolute atomic E-state index is 0.0874. The number of benzene rings is 1. The minimum atomic E-state index is -0.694. The van der Waals surface area contributed by atoms with Crippen LogP contribution in [-0.2, 0) is 0 Å². The molecule has 0 amide bonds. The fraction of sp³-hybridized carbons (Fsp3) is 0.571. The number of aliphatic hydroxyl groups excluding tert-OH is 1. The summed E-state index contributed by atoms with van der Waals surface area (Å²) in [4.78, 5) is 0. The van der Waals surface area contributed by atoms with Crippen molar-refractivity contribution < 1.29 is 9.84 Å². The number of aliphatic hydroxyl groups is 1. The summed E-state index contributed by atoms with van der Waals surface area (Å²) in [6.07, 6.45) is 0. The average molecular weight is 237 g/mol. The number of ether oxygens (including phenoxy) is 1. The van der Waals surface area contributed by atoms with Gasteiger partial charge < -0.3 is 15.6 Å². The number of hydrogen-bond acceptors (Lipinski definition) is 3. The van der Waals surface area contributed by atoms with Gasteiger partial charge in [0.15, 0.2) is 0 Å². The van der Waals surface area contributed by atoms with Gasteiger partial charge in [-0.3, -0.25) is 0 Å². The van der Waals surface area contributed by atoms with Gasteiger partial charge in [0, 0.05) is 0 Å². The Morgan fingerprint density at radius 2 is 2.06 bits per heavy atom. The molecule has 1 aromatic carbocycles. The Morgan fingerprint density at radius 1 is 1.41 bits per heavy atom. The van der Waals surface area contributed by atoms with E-state index in [2.05, 4.69) is 26.0 Å². The van der Waals surface area contributed by atoms with E-state index < -0.39 is 5.54 Å². The maximum absolute atomic E-state index is 9.08. The molecule has 3 N–H and O–H groups in total. The molecular formula is C14H23NO2. The molecule has 1 unspecified atom stereocenters. The molecule has 17 heavy (non-hydrogen) atoms. The molecule has 0 spiro atoms. The fourth-order valence-electron chi connectivity index (χ4n) is 1.42. The van der Waals surface area contributed by atoms with Crippen LogP contribution in [0, 0.1) is 6.92 Å². The van der Waals surface area contributed by atoms with Gasteiger partial charge in [-0.05, 0) is 37.0 Å². The quantitative estimate of drug-likeness (QED) is 0.825. The summed E-state index contributed by atoms with van der Waals surface area (Å²) < 4.78 is 5.70. The smallest absolute Gasteiger partial charge is 0.122 e. The second kappa shape index (κ2) is 5.52. The number of hydrogen-bond donors (Lipinski definition) is 2. The first-order valence-electron chi connectivity index (χ1n) is 5.99. The summed E-state index contributed by atoms with van der Waals surface area (Å²) >= 11 is 0. The zero-order chi connectivity index (χ0) is 13.1. The molecule has 0 aromatic heterocycles. The van der Waals surface area contributed by atoms with E-state index in [0.29, 0.717) is 12.5 Å². The zero-order valence-electron chi connectivity index (χ0n) is 11.2. The third kappa shape index (κ3) is 4.02. The lowest BCUT2D eigenvalue weighted by Gasteiger charge is -2.23. The van der Waals surface area contributed by atoms with Crippen molar-refractivity contribution in [1.82, 2.24) is 0 Å². The summed E-state index contributed by atoms with van der Waals surface area (Å²) in [6, 6.07) is 6.21. The Kier molecular flexibility index (Phi) is 4.54. The van der Waals surface area contributed by atoms with E-state index in [0.717, 1.165) is 11.3 Å². The van der Waals surface area contributed by atoms with Crippen molar-refractivity contribution in [3.05, 3.63) is 29.3 Å². The molecule has 3 heteroatoms. The van der Waals surface area contributed by atoms with Crippen molar-refractivity contribution in [2.45, 2.75) is 39.2 Å². The van der Waals surface area contributed by atoms with Gasteiger partial charge in [-0.2, -0.15) is 0 Å². The monoisotopic (exact) mass is 237 g/mol. The lowest BCUT2D eigenvalue weighted by Crippen LogP contribution is -2.46. The first-order chi connectivity index (χ1) is 7.85. The Balaban J connectivity index is 2.80. The van der Waals surface area contributed by atoms with Gasteiger partial charge in [0.1, 0.15) is 12.4 Å². The van der Waals surface area contributed by atoms with Crippen LogP contribution in [0.25, 0.3) is 0 Å². The Bertz CT molecular complexity index is 372. The van der Waals surface area contributed by atoms with Gasteiger partial charge in [-0.1, -0.05) is 26.0 Å². The molecule has 1 rings (SSSR count). The summed E-state index contributed by atoms with van der Waals surface area (Å²) in [5, 5.41) is 9.08. The van der Waals surface area contributed by atoms with E-state index in [-0.39, 0.29) is 6.61 Å². The molecule has 0 aliphatic carbocycles. The summed E-state index contributed by atoms with van der Waals surface area (Å²) in [5.41, 5.74) is 7.47. The Morgan fingerprint density at radius 3 is 2.59 bits per heavy atom. The molecule has 0 radical (unpaired) electrons. The molecule has 3 nitrogen and oxygen atoms in total. The fourth-order valence-corrected chi connectivity index (χ4v) is 1.42. The van der Waals surface area contributed by atoms with Gasteiger partial charge in [-0.25, -0.2) is 0 Å². The minimum Gasteiger partial charge on any atom is -0.491 e. The normalized spacial score (nSPS) is 14.8. The molecule has 0 aliphatic rings. The van der Waals surface area contributed by atoms with Crippen LogP contribution in [0.4, 0.5) is 0 Å². The van der Waals surface area contributed by atoms with Crippen LogP contribution in [-0.4, -0.2) is 23.9 Å². The van der Waals surface area contributed by atoms with Crippen molar-refractivity contribution in [3.8, 4) is 5.75 Å². The molecule has 0 fully saturated rings. The highest BCUT2D eigenvalue weighted by molar-refractivity contribution is 5.37. The van der Waals surface area contributed by atoms with Crippen LogP contribution in [0.15, 0.2) is 18.2 Å². The average Bonchev–Trinajstić information content (AvgIpc) is 2.27. The van der Waals surface area contributed by atoms with E-state index in [4.69, 9.17) is 15.6 Å². The Labute approximate surface area is 104 Å². The predicted molar refractivity (Wildman–Crippen MR) is 70.4 cm³/mol. The number of nitrogens with two attached hydrogens (primary N) is 1. The van der Waals surface area contributed by atoms with Crippen molar-refractivity contribution in [2.75, 3.05) is 13.2 Å². The van der Waals surface area contributed by atoms with E-state index in [1.54, 1.807) is 6.92 Å².